The third-order valence-corrected chi connectivity index (χ3v) is 2.51. The van der Waals surface area contributed by atoms with Crippen LogP contribution < -0.4 is 10.6 Å². The highest BCUT2D eigenvalue weighted by Crippen LogP contribution is 2.15. The van der Waals surface area contributed by atoms with E-state index in [1.54, 1.807) is 12.3 Å². The molecule has 2 N–H and O–H groups in total. The Kier molecular flexibility index (Phi) is 3.01. The van der Waals surface area contributed by atoms with Gasteiger partial charge in [-0.15, -0.1) is 0 Å². The van der Waals surface area contributed by atoms with E-state index in [2.05, 4.69) is 9.97 Å². The van der Waals surface area contributed by atoms with E-state index in [1.165, 1.54) is 0 Å². The number of anilines is 2. The number of nitrogens with zero attached hydrogens (tertiary/aromatic N) is 3. The molecule has 1 aliphatic heterocycles. The fraction of sp³-hybridized carbons (Fsp3) is 0.600. The summed E-state index contributed by atoms with van der Waals surface area (Å²) in [6, 6.07) is 1.68. The third kappa shape index (κ3) is 2.56. The number of nitrogens with two attached hydrogens (primary N) is 1. The molecule has 82 valence electrons. The first-order chi connectivity index (χ1) is 7.25. The molecule has 1 atom stereocenters. The van der Waals surface area contributed by atoms with Crippen molar-refractivity contribution in [3.8, 4) is 0 Å². The summed E-state index contributed by atoms with van der Waals surface area (Å²) in [5.41, 5.74) is 5.60. The second-order valence-electron chi connectivity index (χ2n) is 3.80. The predicted octanol–water partition coefficient (Wildman–Crippen LogP) is 0.674. The van der Waals surface area contributed by atoms with Gasteiger partial charge in [-0.1, -0.05) is 0 Å². The predicted molar refractivity (Wildman–Crippen MR) is 58.7 cm³/mol. The summed E-state index contributed by atoms with van der Waals surface area (Å²) < 4.78 is 5.55. The van der Waals surface area contributed by atoms with Crippen molar-refractivity contribution < 1.29 is 4.74 Å². The topological polar surface area (TPSA) is 64.3 Å². The zero-order valence-corrected chi connectivity index (χ0v) is 8.89. The van der Waals surface area contributed by atoms with E-state index in [9.17, 15) is 0 Å². The van der Waals surface area contributed by atoms with Crippen molar-refractivity contribution in [1.29, 1.82) is 0 Å². The fourth-order valence-electron chi connectivity index (χ4n) is 1.72. The van der Waals surface area contributed by atoms with Gasteiger partial charge in [-0.2, -0.15) is 4.98 Å². The summed E-state index contributed by atoms with van der Waals surface area (Å²) in [5.74, 6) is 1.16. The maximum absolute atomic E-state index is 5.60. The van der Waals surface area contributed by atoms with Crippen LogP contribution in [0, 0.1) is 0 Å². The van der Waals surface area contributed by atoms with E-state index >= 15 is 0 Å². The SMILES string of the molecule is CN(CC1CCCO1)c1nccc(N)n1. The van der Waals surface area contributed by atoms with Crippen LogP contribution in [-0.2, 0) is 4.74 Å². The van der Waals surface area contributed by atoms with Crippen molar-refractivity contribution in [2.45, 2.75) is 18.9 Å². The Morgan fingerprint density at radius 1 is 1.67 bits per heavy atom. The minimum absolute atomic E-state index is 0.306. The van der Waals surface area contributed by atoms with Gasteiger partial charge in [0.25, 0.3) is 0 Å². The Bertz CT molecular complexity index is 325. The summed E-state index contributed by atoms with van der Waals surface area (Å²) in [6.45, 7) is 1.69. The van der Waals surface area contributed by atoms with Gasteiger partial charge in [-0.05, 0) is 18.9 Å². The molecule has 5 heteroatoms. The summed E-state index contributed by atoms with van der Waals surface area (Å²) >= 11 is 0. The number of aromatic nitrogens is 2. The molecule has 1 unspecified atom stereocenters. The molecule has 0 radical (unpaired) electrons. The number of nitrogen functional groups attached to an aromatic ring is 1. The van der Waals surface area contributed by atoms with Crippen LogP contribution in [0.2, 0.25) is 0 Å². The molecule has 15 heavy (non-hydrogen) atoms. The standard InChI is InChI=1S/C10H16N4O/c1-14(7-8-3-2-6-15-8)10-12-5-4-9(11)13-10/h4-5,8H,2-3,6-7H2,1H3,(H2,11,12,13). The summed E-state index contributed by atoms with van der Waals surface area (Å²) in [6.07, 6.45) is 4.24. The minimum Gasteiger partial charge on any atom is -0.384 e. The lowest BCUT2D eigenvalue weighted by atomic mass is 10.2. The van der Waals surface area contributed by atoms with Gasteiger partial charge in [-0.3, -0.25) is 0 Å². The second kappa shape index (κ2) is 4.44. The molecular formula is C10H16N4O. The van der Waals surface area contributed by atoms with E-state index < -0.39 is 0 Å². The van der Waals surface area contributed by atoms with E-state index in [1.807, 2.05) is 11.9 Å². The number of ether oxygens (including phenoxy) is 1. The molecule has 0 saturated carbocycles. The zero-order valence-electron chi connectivity index (χ0n) is 8.89. The van der Waals surface area contributed by atoms with E-state index in [-0.39, 0.29) is 0 Å². The zero-order chi connectivity index (χ0) is 10.7. The number of hydrogen-bond donors (Lipinski definition) is 1. The molecule has 0 bridgehead atoms. The van der Waals surface area contributed by atoms with Crippen LogP contribution in [0.1, 0.15) is 12.8 Å². The quantitative estimate of drug-likeness (QED) is 0.791. The van der Waals surface area contributed by atoms with Crippen LogP contribution in [0.15, 0.2) is 12.3 Å². The Labute approximate surface area is 89.3 Å². The van der Waals surface area contributed by atoms with Crippen molar-refractivity contribution in [2.75, 3.05) is 30.8 Å². The summed E-state index contributed by atoms with van der Waals surface area (Å²) in [4.78, 5) is 10.3. The smallest absolute Gasteiger partial charge is 0.227 e. The van der Waals surface area contributed by atoms with Crippen LogP contribution >= 0.6 is 0 Å². The largest absolute Gasteiger partial charge is 0.384 e. The lowest BCUT2D eigenvalue weighted by Gasteiger charge is -2.20. The molecule has 1 aromatic heterocycles. The lowest BCUT2D eigenvalue weighted by Crippen LogP contribution is -2.29. The highest BCUT2D eigenvalue weighted by Gasteiger charge is 2.18. The Morgan fingerprint density at radius 3 is 3.20 bits per heavy atom. The van der Waals surface area contributed by atoms with Gasteiger partial charge in [0.15, 0.2) is 0 Å². The van der Waals surface area contributed by atoms with Crippen LogP contribution in [0.4, 0.5) is 11.8 Å². The van der Waals surface area contributed by atoms with Crippen molar-refractivity contribution in [1.82, 2.24) is 9.97 Å². The van der Waals surface area contributed by atoms with Gasteiger partial charge in [-0.25, -0.2) is 4.98 Å². The molecule has 0 amide bonds. The first kappa shape index (κ1) is 10.2. The normalized spacial score (nSPS) is 20.5. The van der Waals surface area contributed by atoms with Crippen molar-refractivity contribution in [3.05, 3.63) is 12.3 Å². The van der Waals surface area contributed by atoms with Crippen LogP contribution in [-0.4, -0.2) is 36.3 Å². The maximum atomic E-state index is 5.60. The van der Waals surface area contributed by atoms with Gasteiger partial charge in [0.05, 0.1) is 6.10 Å². The van der Waals surface area contributed by atoms with Crippen molar-refractivity contribution >= 4 is 11.8 Å². The van der Waals surface area contributed by atoms with E-state index in [0.29, 0.717) is 17.9 Å². The molecule has 0 aliphatic carbocycles. The average molecular weight is 208 g/mol. The third-order valence-electron chi connectivity index (χ3n) is 2.51. The molecule has 2 heterocycles. The maximum Gasteiger partial charge on any atom is 0.227 e. The molecule has 5 nitrogen and oxygen atoms in total. The molecule has 0 aromatic carbocycles. The molecule has 1 saturated heterocycles. The van der Waals surface area contributed by atoms with Gasteiger partial charge in [0, 0.05) is 26.4 Å². The van der Waals surface area contributed by atoms with E-state index in [4.69, 9.17) is 10.5 Å². The summed E-state index contributed by atoms with van der Waals surface area (Å²) in [5, 5.41) is 0. The molecular weight excluding hydrogens is 192 g/mol. The minimum atomic E-state index is 0.306. The Balaban J connectivity index is 1.97. The van der Waals surface area contributed by atoms with Crippen LogP contribution in [0.3, 0.4) is 0 Å². The number of likely N-dealkylation sites (N-methyl/N-ethyl adjacent to an activating group) is 1. The van der Waals surface area contributed by atoms with Crippen molar-refractivity contribution in [3.63, 3.8) is 0 Å². The number of rotatable bonds is 3. The molecule has 1 aromatic rings. The van der Waals surface area contributed by atoms with Crippen LogP contribution in [0.25, 0.3) is 0 Å². The van der Waals surface area contributed by atoms with E-state index in [0.717, 1.165) is 26.0 Å². The average Bonchev–Trinajstić information content (AvgIpc) is 2.70. The van der Waals surface area contributed by atoms with Crippen LogP contribution in [0.5, 0.6) is 0 Å². The van der Waals surface area contributed by atoms with Crippen molar-refractivity contribution in [2.24, 2.45) is 0 Å². The Hall–Kier alpha value is -1.36. The highest BCUT2D eigenvalue weighted by molar-refractivity contribution is 5.36. The lowest BCUT2D eigenvalue weighted by molar-refractivity contribution is 0.116. The van der Waals surface area contributed by atoms with Gasteiger partial charge in [0.2, 0.25) is 5.95 Å². The molecule has 0 spiro atoms. The second-order valence-corrected chi connectivity index (χ2v) is 3.80. The fourth-order valence-corrected chi connectivity index (χ4v) is 1.72. The molecule has 2 rings (SSSR count). The Morgan fingerprint density at radius 2 is 2.53 bits per heavy atom. The number of hydrogen-bond acceptors (Lipinski definition) is 5. The van der Waals surface area contributed by atoms with Gasteiger partial charge >= 0.3 is 0 Å². The first-order valence-corrected chi connectivity index (χ1v) is 5.17. The van der Waals surface area contributed by atoms with Gasteiger partial charge < -0.3 is 15.4 Å². The molecule has 1 fully saturated rings. The highest BCUT2D eigenvalue weighted by atomic mass is 16.5. The summed E-state index contributed by atoms with van der Waals surface area (Å²) in [7, 11) is 1.95. The van der Waals surface area contributed by atoms with Gasteiger partial charge in [0.1, 0.15) is 5.82 Å². The molecule has 1 aliphatic rings. The monoisotopic (exact) mass is 208 g/mol. The first-order valence-electron chi connectivity index (χ1n) is 5.17.